The fraction of sp³-hybridized carbons (Fsp3) is 0.312. The van der Waals surface area contributed by atoms with Gasteiger partial charge in [0, 0.05) is 23.4 Å². The van der Waals surface area contributed by atoms with E-state index in [4.69, 9.17) is 0 Å². The Labute approximate surface area is 113 Å². The highest BCUT2D eigenvalue weighted by molar-refractivity contribution is 5.64. The molecule has 0 spiro atoms. The number of benzene rings is 1. The number of aryl methyl sites for hydroxylation is 2. The van der Waals surface area contributed by atoms with Crippen LogP contribution in [-0.4, -0.2) is 11.5 Å². The van der Waals surface area contributed by atoms with Crippen molar-refractivity contribution in [2.75, 3.05) is 6.54 Å². The topological polar surface area (TPSA) is 44.9 Å². The summed E-state index contributed by atoms with van der Waals surface area (Å²) < 4.78 is 0. The first kappa shape index (κ1) is 13.6. The molecule has 2 rings (SSSR count). The number of pyridine rings is 1. The Morgan fingerprint density at radius 1 is 1.16 bits per heavy atom. The van der Waals surface area contributed by atoms with Crippen molar-refractivity contribution < 1.29 is 0 Å². The van der Waals surface area contributed by atoms with Crippen LogP contribution in [0.15, 0.2) is 35.1 Å². The van der Waals surface area contributed by atoms with Crippen LogP contribution in [0.25, 0.3) is 11.3 Å². The molecular formula is C16H20N2O. The zero-order chi connectivity index (χ0) is 13.8. The molecule has 2 aromatic rings. The fourth-order valence-corrected chi connectivity index (χ4v) is 2.09. The van der Waals surface area contributed by atoms with Crippen molar-refractivity contribution in [2.45, 2.75) is 27.3 Å². The Kier molecular flexibility index (Phi) is 4.17. The van der Waals surface area contributed by atoms with Gasteiger partial charge in [-0.25, -0.2) is 0 Å². The molecule has 100 valence electrons. The van der Waals surface area contributed by atoms with Gasteiger partial charge in [-0.05, 0) is 38.1 Å². The van der Waals surface area contributed by atoms with E-state index in [2.05, 4.69) is 42.3 Å². The van der Waals surface area contributed by atoms with E-state index in [1.54, 1.807) is 0 Å². The number of hydrogen-bond acceptors (Lipinski definition) is 2. The lowest BCUT2D eigenvalue weighted by atomic mass is 10.0. The van der Waals surface area contributed by atoms with Crippen molar-refractivity contribution in [3.05, 3.63) is 57.4 Å². The molecule has 0 fully saturated rings. The molecule has 3 heteroatoms. The lowest BCUT2D eigenvalue weighted by Crippen LogP contribution is -2.20. The van der Waals surface area contributed by atoms with Crippen LogP contribution in [0.1, 0.15) is 23.6 Å². The van der Waals surface area contributed by atoms with Gasteiger partial charge in [-0.2, -0.15) is 0 Å². The molecule has 0 unspecified atom stereocenters. The van der Waals surface area contributed by atoms with Crippen molar-refractivity contribution in [1.82, 2.24) is 10.3 Å². The minimum Gasteiger partial charge on any atom is -0.322 e. The minimum absolute atomic E-state index is 0.0145. The van der Waals surface area contributed by atoms with Crippen molar-refractivity contribution in [1.29, 1.82) is 0 Å². The molecule has 19 heavy (non-hydrogen) atoms. The molecule has 0 bridgehead atoms. The number of rotatable bonds is 4. The van der Waals surface area contributed by atoms with Crippen LogP contribution in [0.4, 0.5) is 0 Å². The Morgan fingerprint density at radius 3 is 2.63 bits per heavy atom. The van der Waals surface area contributed by atoms with Crippen LogP contribution < -0.4 is 10.9 Å². The molecular weight excluding hydrogens is 236 g/mol. The standard InChI is InChI=1S/C16H20N2O/c1-4-17-10-13-7-8-15(18-16(13)19)14-9-11(2)5-6-12(14)3/h5-9,17H,4,10H2,1-3H3,(H,18,19). The summed E-state index contributed by atoms with van der Waals surface area (Å²) in [5.74, 6) is 0. The second kappa shape index (κ2) is 5.85. The molecule has 1 aromatic carbocycles. The molecule has 0 aliphatic rings. The van der Waals surface area contributed by atoms with E-state index in [1.165, 1.54) is 11.1 Å². The van der Waals surface area contributed by atoms with Crippen LogP contribution >= 0.6 is 0 Å². The lowest BCUT2D eigenvalue weighted by Gasteiger charge is -2.08. The maximum Gasteiger partial charge on any atom is 0.252 e. The van der Waals surface area contributed by atoms with E-state index < -0.39 is 0 Å². The second-order valence-corrected chi connectivity index (χ2v) is 4.83. The van der Waals surface area contributed by atoms with Gasteiger partial charge in [0.1, 0.15) is 0 Å². The molecule has 0 saturated carbocycles. The van der Waals surface area contributed by atoms with Gasteiger partial charge in [0.05, 0.1) is 0 Å². The first-order valence-corrected chi connectivity index (χ1v) is 6.62. The van der Waals surface area contributed by atoms with Crippen LogP contribution in [-0.2, 0) is 6.54 Å². The maximum absolute atomic E-state index is 12.0. The Hall–Kier alpha value is -1.87. The summed E-state index contributed by atoms with van der Waals surface area (Å²) in [7, 11) is 0. The maximum atomic E-state index is 12.0. The summed E-state index contributed by atoms with van der Waals surface area (Å²) in [5, 5.41) is 3.17. The molecule has 0 radical (unpaired) electrons. The molecule has 0 aliphatic carbocycles. The van der Waals surface area contributed by atoms with Gasteiger partial charge in [0.15, 0.2) is 0 Å². The molecule has 0 atom stereocenters. The lowest BCUT2D eigenvalue weighted by molar-refractivity contribution is 0.720. The van der Waals surface area contributed by atoms with E-state index in [9.17, 15) is 4.79 Å². The highest BCUT2D eigenvalue weighted by Gasteiger charge is 2.05. The molecule has 0 saturated heterocycles. The molecule has 1 aromatic heterocycles. The Morgan fingerprint density at radius 2 is 1.95 bits per heavy atom. The van der Waals surface area contributed by atoms with Gasteiger partial charge in [-0.3, -0.25) is 4.79 Å². The summed E-state index contributed by atoms with van der Waals surface area (Å²) >= 11 is 0. The number of aromatic nitrogens is 1. The molecule has 2 N–H and O–H groups in total. The van der Waals surface area contributed by atoms with E-state index in [0.717, 1.165) is 23.4 Å². The average Bonchev–Trinajstić information content (AvgIpc) is 2.40. The molecule has 1 heterocycles. The third-order valence-corrected chi connectivity index (χ3v) is 3.24. The van der Waals surface area contributed by atoms with E-state index in [1.807, 2.05) is 19.1 Å². The SMILES string of the molecule is CCNCc1ccc(-c2cc(C)ccc2C)[nH]c1=O. The highest BCUT2D eigenvalue weighted by atomic mass is 16.1. The van der Waals surface area contributed by atoms with E-state index in [-0.39, 0.29) is 5.56 Å². The number of nitrogens with one attached hydrogen (secondary N) is 2. The summed E-state index contributed by atoms with van der Waals surface area (Å²) in [4.78, 5) is 15.0. The van der Waals surface area contributed by atoms with Crippen LogP contribution in [0.2, 0.25) is 0 Å². The third kappa shape index (κ3) is 3.12. The second-order valence-electron chi connectivity index (χ2n) is 4.83. The smallest absolute Gasteiger partial charge is 0.252 e. The van der Waals surface area contributed by atoms with Gasteiger partial charge >= 0.3 is 0 Å². The van der Waals surface area contributed by atoms with Crippen molar-refractivity contribution in [3.8, 4) is 11.3 Å². The summed E-state index contributed by atoms with van der Waals surface area (Å²) in [6.07, 6.45) is 0. The van der Waals surface area contributed by atoms with Gasteiger partial charge in [0.25, 0.3) is 5.56 Å². The summed E-state index contributed by atoms with van der Waals surface area (Å²) in [6.45, 7) is 7.61. The van der Waals surface area contributed by atoms with E-state index in [0.29, 0.717) is 6.54 Å². The normalized spacial score (nSPS) is 10.7. The van der Waals surface area contributed by atoms with Crippen molar-refractivity contribution >= 4 is 0 Å². The number of hydrogen-bond donors (Lipinski definition) is 2. The minimum atomic E-state index is -0.0145. The molecule has 0 aliphatic heterocycles. The zero-order valence-corrected chi connectivity index (χ0v) is 11.7. The first-order valence-electron chi connectivity index (χ1n) is 6.62. The largest absolute Gasteiger partial charge is 0.322 e. The molecule has 3 nitrogen and oxygen atoms in total. The Bertz CT molecular complexity index is 629. The quantitative estimate of drug-likeness (QED) is 0.883. The molecule has 0 amide bonds. The number of aromatic amines is 1. The zero-order valence-electron chi connectivity index (χ0n) is 11.7. The van der Waals surface area contributed by atoms with Gasteiger partial charge in [-0.1, -0.05) is 30.7 Å². The summed E-state index contributed by atoms with van der Waals surface area (Å²) in [6, 6.07) is 10.1. The monoisotopic (exact) mass is 256 g/mol. The van der Waals surface area contributed by atoms with Crippen LogP contribution in [0.5, 0.6) is 0 Å². The van der Waals surface area contributed by atoms with Crippen molar-refractivity contribution in [3.63, 3.8) is 0 Å². The van der Waals surface area contributed by atoms with E-state index >= 15 is 0 Å². The average molecular weight is 256 g/mol. The predicted molar refractivity (Wildman–Crippen MR) is 79.4 cm³/mol. The van der Waals surface area contributed by atoms with Crippen LogP contribution in [0, 0.1) is 13.8 Å². The highest BCUT2D eigenvalue weighted by Crippen LogP contribution is 2.21. The third-order valence-electron chi connectivity index (χ3n) is 3.24. The van der Waals surface area contributed by atoms with Crippen LogP contribution in [0.3, 0.4) is 0 Å². The fourth-order valence-electron chi connectivity index (χ4n) is 2.09. The predicted octanol–water partition coefficient (Wildman–Crippen LogP) is 2.77. The van der Waals surface area contributed by atoms with Gasteiger partial charge in [-0.15, -0.1) is 0 Å². The van der Waals surface area contributed by atoms with Crippen molar-refractivity contribution in [2.24, 2.45) is 0 Å². The van der Waals surface area contributed by atoms with Gasteiger partial charge in [0.2, 0.25) is 0 Å². The summed E-state index contributed by atoms with van der Waals surface area (Å²) in [5.41, 5.74) is 5.09. The Balaban J connectivity index is 2.39. The van der Waals surface area contributed by atoms with Gasteiger partial charge < -0.3 is 10.3 Å². The number of H-pyrrole nitrogens is 1. The first-order chi connectivity index (χ1) is 9.11.